The Morgan fingerprint density at radius 2 is 1.76 bits per heavy atom. The number of carboxylic acids is 1. The van der Waals surface area contributed by atoms with E-state index in [1.54, 1.807) is 25.1 Å². The Bertz CT molecular complexity index is 1300. The van der Waals surface area contributed by atoms with Gasteiger partial charge in [0.25, 0.3) is 0 Å². The van der Waals surface area contributed by atoms with Crippen molar-refractivity contribution in [3.05, 3.63) is 46.0 Å². The van der Waals surface area contributed by atoms with E-state index in [1.807, 2.05) is 13.8 Å². The first-order valence-electron chi connectivity index (χ1n) is 15.5. The number of halogens is 4. The van der Waals surface area contributed by atoms with E-state index in [4.69, 9.17) is 33.3 Å². The molecule has 0 radical (unpaired) electrons. The second-order valence-electron chi connectivity index (χ2n) is 13.2. The predicted octanol–water partition coefficient (Wildman–Crippen LogP) is 8.83. The number of aliphatic carboxylic acids is 1. The van der Waals surface area contributed by atoms with Crippen LogP contribution in [0, 0.1) is 22.7 Å². The van der Waals surface area contributed by atoms with Gasteiger partial charge in [-0.2, -0.15) is 8.78 Å². The first-order chi connectivity index (χ1) is 21.0. The molecule has 3 rings (SSSR count). The maximum atomic E-state index is 15.5. The highest BCUT2D eigenvalue weighted by Crippen LogP contribution is 2.39. The molecule has 0 bridgehead atoms. The van der Waals surface area contributed by atoms with Gasteiger partial charge >= 0.3 is 11.9 Å². The second kappa shape index (κ2) is 15.4. The quantitative estimate of drug-likeness (QED) is 0.110. The first kappa shape index (κ1) is 37.0. The monoisotopic (exact) mass is 668 g/mol. The minimum Gasteiger partial charge on any atom is -0.481 e. The van der Waals surface area contributed by atoms with Crippen molar-refractivity contribution in [2.45, 2.75) is 116 Å². The summed E-state index contributed by atoms with van der Waals surface area (Å²) in [4.78, 5) is 43.0. The molecule has 1 aliphatic carbocycles. The van der Waals surface area contributed by atoms with Gasteiger partial charge in [-0.3, -0.25) is 19.4 Å². The number of nitrogens with one attached hydrogen (secondary N) is 1. The Hall–Kier alpha value is -2.49. The molecule has 2 aliphatic rings. The number of aliphatic imine (C=N–C) groups is 1. The number of ketones is 2. The minimum atomic E-state index is -3.59. The normalized spacial score (nSPS) is 25.2. The summed E-state index contributed by atoms with van der Waals surface area (Å²) in [5.41, 5.74) is -1.79. The number of carbonyl (C=O) groups excluding carboxylic acids is 2. The fourth-order valence-electron chi connectivity index (χ4n) is 6.33. The number of benzene rings is 1. The smallest absolute Gasteiger partial charge is 0.309 e. The molecule has 2 N–H and O–H groups in total. The van der Waals surface area contributed by atoms with E-state index in [2.05, 4.69) is 4.99 Å². The van der Waals surface area contributed by atoms with E-state index in [0.29, 0.717) is 18.7 Å². The molecule has 1 heterocycles. The predicted molar refractivity (Wildman–Crippen MR) is 173 cm³/mol. The number of nitrogens with zero attached hydrogens (tertiary/aromatic N) is 1. The summed E-state index contributed by atoms with van der Waals surface area (Å²) in [7, 11) is 0. The van der Waals surface area contributed by atoms with Gasteiger partial charge in [0.2, 0.25) is 0 Å². The van der Waals surface area contributed by atoms with Crippen LogP contribution < -0.4 is 0 Å². The highest BCUT2D eigenvalue weighted by molar-refractivity contribution is 6.39. The van der Waals surface area contributed by atoms with Gasteiger partial charge in [-0.15, -0.1) is 0 Å². The number of hydrogen-bond acceptors (Lipinski definition) is 6. The fourth-order valence-corrected chi connectivity index (χ4v) is 6.93. The van der Waals surface area contributed by atoms with Gasteiger partial charge < -0.3 is 15.3 Å². The fraction of sp³-hybridized carbons (Fsp3) is 0.618. The Morgan fingerprint density at radius 1 is 1.13 bits per heavy atom. The average Bonchev–Trinajstić information content (AvgIpc) is 3.30. The number of alkyl halides is 2. The van der Waals surface area contributed by atoms with Crippen molar-refractivity contribution in [1.82, 2.24) is 0 Å². The second-order valence-corrected chi connectivity index (χ2v) is 14.1. The topological polar surface area (TPSA) is 117 Å². The molecule has 7 nitrogen and oxygen atoms in total. The number of Topliss-reactive ketones (excluding diaryl/α,β-unsaturated/α-hetero) is 2. The Labute approximate surface area is 274 Å². The first-order valence-corrected chi connectivity index (χ1v) is 16.3. The summed E-state index contributed by atoms with van der Waals surface area (Å²) in [6.45, 7) is 7.04. The largest absolute Gasteiger partial charge is 0.481 e. The van der Waals surface area contributed by atoms with Gasteiger partial charge in [-0.05, 0) is 103 Å². The lowest BCUT2D eigenvalue weighted by Crippen LogP contribution is -2.41. The molecule has 1 aromatic carbocycles. The van der Waals surface area contributed by atoms with Crippen LogP contribution in [0.15, 0.2) is 35.3 Å². The van der Waals surface area contributed by atoms with Crippen molar-refractivity contribution in [2.24, 2.45) is 22.2 Å². The highest BCUT2D eigenvalue weighted by Gasteiger charge is 2.43. The van der Waals surface area contributed by atoms with Crippen molar-refractivity contribution in [2.75, 3.05) is 0 Å². The van der Waals surface area contributed by atoms with Gasteiger partial charge in [-0.25, -0.2) is 0 Å². The zero-order valence-electron chi connectivity index (χ0n) is 26.4. The van der Waals surface area contributed by atoms with Crippen LogP contribution in [0.25, 0.3) is 0 Å². The van der Waals surface area contributed by atoms with Crippen LogP contribution >= 0.6 is 23.2 Å². The van der Waals surface area contributed by atoms with Gasteiger partial charge in [0.05, 0.1) is 44.7 Å². The van der Waals surface area contributed by atoms with Crippen LogP contribution in [-0.2, 0) is 14.3 Å². The molecule has 0 aromatic heterocycles. The van der Waals surface area contributed by atoms with Crippen LogP contribution in [0.1, 0.15) is 102 Å². The lowest BCUT2D eigenvalue weighted by atomic mass is 9.74. The van der Waals surface area contributed by atoms with Crippen molar-refractivity contribution >= 4 is 52.7 Å². The number of rotatable bonds is 15. The van der Waals surface area contributed by atoms with Crippen LogP contribution in [0.3, 0.4) is 0 Å². The molecule has 0 amide bonds. The molecule has 1 aromatic rings. The van der Waals surface area contributed by atoms with Crippen molar-refractivity contribution in [1.29, 1.82) is 5.41 Å². The van der Waals surface area contributed by atoms with Crippen molar-refractivity contribution < 1.29 is 33.0 Å². The van der Waals surface area contributed by atoms with Gasteiger partial charge in [0.1, 0.15) is 11.5 Å². The highest BCUT2D eigenvalue weighted by atomic mass is 35.5. The van der Waals surface area contributed by atoms with Gasteiger partial charge in [0, 0.05) is 19.1 Å². The Kier molecular flexibility index (Phi) is 12.7. The third-order valence-corrected chi connectivity index (χ3v) is 9.71. The SMILES string of the molecule is CC=CC(F)(F)C(=NC1CCC(C)(C(=O)O)CC1)C(C=N)C(=O)CC(CCC(=O)c1c(Cl)cccc1Cl)CC1CCC(C)(C)O1. The number of carbonyl (C=O) groups is 3. The number of ether oxygens (including phenoxy) is 1. The molecule has 3 atom stereocenters. The molecule has 1 saturated carbocycles. The standard InChI is InChI=1S/C34H44Cl2F2N2O5/c1-5-14-34(37,38)30(40-22-11-16-33(4,17-12-22)31(43)44)24(20-39)28(42)19-21(18-23-13-15-32(2,3)45-23)9-10-27(41)29-25(35)7-6-8-26(29)36/h5-8,14,20-24,39H,9-13,15-19H2,1-4H3,(H,43,44). The summed E-state index contributed by atoms with van der Waals surface area (Å²) in [5, 5.41) is 18.1. The van der Waals surface area contributed by atoms with E-state index >= 15 is 8.78 Å². The molecular weight excluding hydrogens is 625 g/mol. The summed E-state index contributed by atoms with van der Waals surface area (Å²) >= 11 is 12.5. The zero-order valence-corrected chi connectivity index (χ0v) is 27.9. The minimum absolute atomic E-state index is 0.0346. The summed E-state index contributed by atoms with van der Waals surface area (Å²) in [6, 6.07) is 4.19. The summed E-state index contributed by atoms with van der Waals surface area (Å²) in [6.07, 6.45) is 5.66. The van der Waals surface area contributed by atoms with E-state index in [1.165, 1.54) is 13.0 Å². The lowest BCUT2D eigenvalue weighted by Gasteiger charge is -2.33. The summed E-state index contributed by atoms with van der Waals surface area (Å²) < 4.78 is 37.2. The molecule has 1 saturated heterocycles. The molecule has 3 unspecified atom stereocenters. The number of hydrogen-bond donors (Lipinski definition) is 2. The average molecular weight is 670 g/mol. The zero-order chi connectivity index (χ0) is 33.6. The summed E-state index contributed by atoms with van der Waals surface area (Å²) in [5.74, 6) is -7.39. The van der Waals surface area contributed by atoms with Crippen molar-refractivity contribution in [3.63, 3.8) is 0 Å². The maximum Gasteiger partial charge on any atom is 0.309 e. The van der Waals surface area contributed by atoms with Gasteiger partial charge in [-0.1, -0.05) is 35.3 Å². The maximum absolute atomic E-state index is 15.5. The Balaban J connectivity index is 1.86. The van der Waals surface area contributed by atoms with Crippen molar-refractivity contribution in [3.8, 4) is 0 Å². The van der Waals surface area contributed by atoms with E-state index in [-0.39, 0.29) is 78.0 Å². The molecular formula is C34H44Cl2F2N2O5. The molecule has 1 aliphatic heterocycles. The van der Waals surface area contributed by atoms with E-state index in [9.17, 15) is 19.5 Å². The lowest BCUT2D eigenvalue weighted by molar-refractivity contribution is -0.149. The molecule has 45 heavy (non-hydrogen) atoms. The van der Waals surface area contributed by atoms with Crippen LogP contribution in [-0.4, -0.2) is 58.2 Å². The third-order valence-electron chi connectivity index (χ3n) is 9.08. The van der Waals surface area contributed by atoms with Crippen LogP contribution in [0.4, 0.5) is 8.78 Å². The van der Waals surface area contributed by atoms with Crippen LogP contribution in [0.2, 0.25) is 10.0 Å². The third kappa shape index (κ3) is 9.75. The molecule has 248 valence electrons. The van der Waals surface area contributed by atoms with E-state index < -0.39 is 46.7 Å². The molecule has 0 spiro atoms. The Morgan fingerprint density at radius 3 is 2.27 bits per heavy atom. The molecule has 2 fully saturated rings. The van der Waals surface area contributed by atoms with Gasteiger partial charge in [0.15, 0.2) is 5.78 Å². The molecule has 11 heteroatoms. The van der Waals surface area contributed by atoms with Crippen LogP contribution in [0.5, 0.6) is 0 Å². The number of allylic oxidation sites excluding steroid dienone is 2. The number of carboxylic acid groups (broad SMARTS) is 1. The van der Waals surface area contributed by atoms with E-state index in [0.717, 1.165) is 12.8 Å².